The summed E-state index contributed by atoms with van der Waals surface area (Å²) in [7, 11) is 0. The third-order valence-electron chi connectivity index (χ3n) is 1.28. The highest BCUT2D eigenvalue weighted by Gasteiger charge is 2.11. The first-order valence-corrected chi connectivity index (χ1v) is 3.59. The van der Waals surface area contributed by atoms with Crippen molar-refractivity contribution in [3.05, 3.63) is 12.2 Å². The highest BCUT2D eigenvalue weighted by Crippen LogP contribution is 1.98. The summed E-state index contributed by atoms with van der Waals surface area (Å²) in [5.41, 5.74) is 0. The molecule has 0 rings (SSSR count). The Labute approximate surface area is 66.7 Å². The maximum Gasteiger partial charge on any atom is 0.330 e. The van der Waals surface area contributed by atoms with Crippen molar-refractivity contribution in [1.29, 1.82) is 0 Å². The van der Waals surface area contributed by atoms with Gasteiger partial charge in [-0.25, -0.2) is 4.79 Å². The molecular weight excluding hydrogens is 144 g/mol. The van der Waals surface area contributed by atoms with Gasteiger partial charge in [0.05, 0.1) is 6.10 Å². The van der Waals surface area contributed by atoms with Gasteiger partial charge in [-0.2, -0.15) is 0 Å². The number of hydrogen-bond donors (Lipinski definition) is 1. The third-order valence-corrected chi connectivity index (χ3v) is 1.28. The van der Waals surface area contributed by atoms with E-state index in [-0.39, 0.29) is 0 Å². The van der Waals surface area contributed by atoms with Gasteiger partial charge in [0.1, 0.15) is 6.10 Å². The van der Waals surface area contributed by atoms with Gasteiger partial charge in [0.15, 0.2) is 0 Å². The lowest BCUT2D eigenvalue weighted by Gasteiger charge is -2.13. The number of aliphatic hydroxyl groups excluding tert-OH is 1. The Bertz CT molecular complexity index is 149. The predicted octanol–water partition coefficient (Wildman–Crippen LogP) is 0.875. The molecule has 0 radical (unpaired) electrons. The fourth-order valence-electron chi connectivity index (χ4n) is 0.457. The quantitative estimate of drug-likeness (QED) is 0.489. The van der Waals surface area contributed by atoms with Gasteiger partial charge < -0.3 is 9.84 Å². The zero-order valence-corrected chi connectivity index (χ0v) is 7.07. The van der Waals surface area contributed by atoms with Crippen molar-refractivity contribution >= 4 is 5.97 Å². The smallest absolute Gasteiger partial charge is 0.330 e. The van der Waals surface area contributed by atoms with Crippen molar-refractivity contribution in [2.24, 2.45) is 0 Å². The van der Waals surface area contributed by atoms with Crippen LogP contribution in [0.2, 0.25) is 0 Å². The van der Waals surface area contributed by atoms with Crippen LogP contribution >= 0.6 is 0 Å². The van der Waals surface area contributed by atoms with Gasteiger partial charge in [0, 0.05) is 6.08 Å². The molecule has 1 N–H and O–H groups in total. The number of carbonyl (C=O) groups excluding carboxylic acids is 1. The summed E-state index contributed by atoms with van der Waals surface area (Å²) in [5, 5.41) is 8.94. The Balaban J connectivity index is 3.75. The fourth-order valence-corrected chi connectivity index (χ4v) is 0.457. The highest BCUT2D eigenvalue weighted by atomic mass is 16.6. The molecule has 0 saturated carbocycles. The van der Waals surface area contributed by atoms with Crippen LogP contribution in [0.1, 0.15) is 20.8 Å². The molecule has 0 amide bonds. The minimum Gasteiger partial charge on any atom is -0.457 e. The topological polar surface area (TPSA) is 46.5 Å². The molecule has 0 heterocycles. The van der Waals surface area contributed by atoms with Crippen molar-refractivity contribution in [2.75, 3.05) is 0 Å². The third kappa shape index (κ3) is 4.56. The lowest BCUT2D eigenvalue weighted by Crippen LogP contribution is -2.24. The van der Waals surface area contributed by atoms with Gasteiger partial charge in [-0.1, -0.05) is 6.08 Å². The molecule has 2 atom stereocenters. The number of hydrogen-bond acceptors (Lipinski definition) is 3. The summed E-state index contributed by atoms with van der Waals surface area (Å²) in [6.07, 6.45) is 1.85. The molecule has 0 aliphatic heterocycles. The summed E-state index contributed by atoms with van der Waals surface area (Å²) < 4.78 is 4.78. The highest BCUT2D eigenvalue weighted by molar-refractivity contribution is 5.81. The molecule has 0 saturated heterocycles. The molecule has 0 aliphatic carbocycles. The molecule has 2 unspecified atom stereocenters. The summed E-state index contributed by atoms with van der Waals surface area (Å²) in [6.45, 7) is 4.95. The van der Waals surface area contributed by atoms with Crippen LogP contribution in [0.3, 0.4) is 0 Å². The maximum absolute atomic E-state index is 10.7. The number of rotatable bonds is 3. The largest absolute Gasteiger partial charge is 0.457 e. The van der Waals surface area contributed by atoms with Gasteiger partial charge in [-0.3, -0.25) is 0 Å². The number of esters is 1. The average molecular weight is 158 g/mol. The van der Waals surface area contributed by atoms with E-state index in [1.807, 2.05) is 0 Å². The van der Waals surface area contributed by atoms with Crippen LogP contribution in [0.5, 0.6) is 0 Å². The average Bonchev–Trinajstić information content (AvgIpc) is 1.87. The van der Waals surface area contributed by atoms with Crippen LogP contribution in [-0.2, 0) is 9.53 Å². The van der Waals surface area contributed by atoms with E-state index < -0.39 is 18.2 Å². The molecule has 3 heteroatoms. The molecule has 0 spiro atoms. The van der Waals surface area contributed by atoms with Gasteiger partial charge >= 0.3 is 5.97 Å². The van der Waals surface area contributed by atoms with E-state index in [1.54, 1.807) is 26.8 Å². The monoisotopic (exact) mass is 158 g/mol. The molecular formula is C8H14O3. The van der Waals surface area contributed by atoms with Crippen LogP contribution < -0.4 is 0 Å². The van der Waals surface area contributed by atoms with E-state index in [0.29, 0.717) is 0 Å². The number of carbonyl (C=O) groups is 1. The van der Waals surface area contributed by atoms with E-state index in [9.17, 15) is 4.79 Å². The summed E-state index contributed by atoms with van der Waals surface area (Å²) >= 11 is 0. The van der Waals surface area contributed by atoms with E-state index in [1.165, 1.54) is 6.08 Å². The Morgan fingerprint density at radius 1 is 1.55 bits per heavy atom. The molecule has 0 bridgehead atoms. The first kappa shape index (κ1) is 10.2. The second-order valence-corrected chi connectivity index (χ2v) is 2.38. The van der Waals surface area contributed by atoms with E-state index in [2.05, 4.69) is 0 Å². The fraction of sp³-hybridized carbons (Fsp3) is 0.625. The second-order valence-electron chi connectivity index (χ2n) is 2.38. The molecule has 64 valence electrons. The molecule has 0 aromatic carbocycles. The normalized spacial score (nSPS) is 16.4. The van der Waals surface area contributed by atoms with Crippen molar-refractivity contribution in [3.8, 4) is 0 Å². The first-order valence-electron chi connectivity index (χ1n) is 3.59. The SMILES string of the molecule is C/C=C/C(=O)OC(C)C(C)O. The lowest BCUT2D eigenvalue weighted by atomic mass is 10.3. The van der Waals surface area contributed by atoms with Gasteiger partial charge in [-0.05, 0) is 20.8 Å². The van der Waals surface area contributed by atoms with Crippen molar-refractivity contribution in [3.63, 3.8) is 0 Å². The minimum atomic E-state index is -0.621. The maximum atomic E-state index is 10.7. The van der Waals surface area contributed by atoms with Crippen LogP contribution in [0.15, 0.2) is 12.2 Å². The van der Waals surface area contributed by atoms with Gasteiger partial charge in [-0.15, -0.1) is 0 Å². The zero-order valence-electron chi connectivity index (χ0n) is 7.07. The molecule has 0 aromatic rings. The number of allylic oxidation sites excluding steroid dienone is 1. The Kier molecular flexibility index (Phi) is 4.54. The summed E-state index contributed by atoms with van der Waals surface area (Å²) in [6, 6.07) is 0. The lowest BCUT2D eigenvalue weighted by molar-refractivity contribution is -0.146. The summed E-state index contributed by atoms with van der Waals surface area (Å²) in [4.78, 5) is 10.7. The Hall–Kier alpha value is -0.830. The molecule has 0 aliphatic rings. The minimum absolute atomic E-state index is 0.416. The molecule has 0 aromatic heterocycles. The van der Waals surface area contributed by atoms with Crippen molar-refractivity contribution < 1.29 is 14.6 Å². The van der Waals surface area contributed by atoms with Gasteiger partial charge in [0.2, 0.25) is 0 Å². The van der Waals surface area contributed by atoms with Crippen molar-refractivity contribution in [2.45, 2.75) is 33.0 Å². The number of aliphatic hydroxyl groups is 1. The molecule has 3 nitrogen and oxygen atoms in total. The van der Waals surface area contributed by atoms with Crippen LogP contribution in [0, 0.1) is 0 Å². The van der Waals surface area contributed by atoms with Crippen LogP contribution in [-0.4, -0.2) is 23.3 Å². The van der Waals surface area contributed by atoms with E-state index in [4.69, 9.17) is 9.84 Å². The van der Waals surface area contributed by atoms with Crippen LogP contribution in [0.4, 0.5) is 0 Å². The zero-order chi connectivity index (χ0) is 8.85. The number of ether oxygens (including phenoxy) is 1. The first-order chi connectivity index (χ1) is 5.07. The van der Waals surface area contributed by atoms with Crippen LogP contribution in [0.25, 0.3) is 0 Å². The van der Waals surface area contributed by atoms with Gasteiger partial charge in [0.25, 0.3) is 0 Å². The Morgan fingerprint density at radius 2 is 2.09 bits per heavy atom. The van der Waals surface area contributed by atoms with E-state index in [0.717, 1.165) is 0 Å². The molecule has 11 heavy (non-hydrogen) atoms. The van der Waals surface area contributed by atoms with E-state index >= 15 is 0 Å². The Morgan fingerprint density at radius 3 is 2.45 bits per heavy atom. The predicted molar refractivity (Wildman–Crippen MR) is 42.0 cm³/mol. The standard InChI is InChI=1S/C8H14O3/c1-4-5-8(10)11-7(3)6(2)9/h4-7,9H,1-3H3/b5-4+. The van der Waals surface area contributed by atoms with Crippen molar-refractivity contribution in [1.82, 2.24) is 0 Å². The molecule has 0 fully saturated rings. The second kappa shape index (κ2) is 4.91. The summed E-state index contributed by atoms with van der Waals surface area (Å²) in [5.74, 6) is -0.416.